The molecule has 0 aliphatic rings. The van der Waals surface area contributed by atoms with Crippen LogP contribution in [-0.2, 0) is 17.8 Å². The maximum Gasteiger partial charge on any atom is 0.339 e. The molecule has 0 amide bonds. The van der Waals surface area contributed by atoms with Crippen LogP contribution in [0, 0.1) is 11.3 Å². The summed E-state index contributed by atoms with van der Waals surface area (Å²) in [6.45, 7) is 3.70. The van der Waals surface area contributed by atoms with Crippen LogP contribution < -0.4 is 0 Å². The standard InChI is InChI=1S/C13H15NO3/c1-3-10-5-9(8-15)6-11(12(10)7-14)13(16)17-4-2/h5-6,15H,3-4,8H2,1-2H3. The first-order valence-electron chi connectivity index (χ1n) is 5.51. The minimum absolute atomic E-state index is 0.162. The molecule has 0 fully saturated rings. The Labute approximate surface area is 100 Å². The molecule has 0 aliphatic carbocycles. The fraction of sp³-hybridized carbons (Fsp3) is 0.385. The third-order valence-corrected chi connectivity index (χ3v) is 2.45. The maximum atomic E-state index is 11.7. The smallest absolute Gasteiger partial charge is 0.339 e. The Morgan fingerprint density at radius 3 is 2.65 bits per heavy atom. The lowest BCUT2D eigenvalue weighted by molar-refractivity contribution is 0.0525. The molecule has 0 spiro atoms. The van der Waals surface area contributed by atoms with Gasteiger partial charge in [-0.3, -0.25) is 0 Å². The van der Waals surface area contributed by atoms with Gasteiger partial charge in [-0.15, -0.1) is 0 Å². The Balaban J connectivity index is 3.35. The van der Waals surface area contributed by atoms with Crippen molar-refractivity contribution in [2.75, 3.05) is 6.61 Å². The van der Waals surface area contributed by atoms with E-state index < -0.39 is 5.97 Å². The van der Waals surface area contributed by atoms with E-state index in [4.69, 9.17) is 15.1 Å². The van der Waals surface area contributed by atoms with Crippen LogP contribution in [0.2, 0.25) is 0 Å². The molecule has 4 nitrogen and oxygen atoms in total. The number of carbonyl (C=O) groups excluding carboxylic acids is 1. The van der Waals surface area contributed by atoms with Crippen LogP contribution in [0.15, 0.2) is 12.1 Å². The predicted molar refractivity (Wildman–Crippen MR) is 62.4 cm³/mol. The van der Waals surface area contributed by atoms with Crippen molar-refractivity contribution in [3.8, 4) is 6.07 Å². The molecule has 0 heterocycles. The molecule has 0 radical (unpaired) electrons. The lowest BCUT2D eigenvalue weighted by Crippen LogP contribution is -2.10. The number of nitrogens with zero attached hydrogens (tertiary/aromatic N) is 1. The Hall–Kier alpha value is -1.86. The molecule has 0 aliphatic heterocycles. The van der Waals surface area contributed by atoms with Gasteiger partial charge in [-0.05, 0) is 30.5 Å². The highest BCUT2D eigenvalue weighted by atomic mass is 16.5. The third kappa shape index (κ3) is 2.83. The van der Waals surface area contributed by atoms with Crippen LogP contribution in [0.3, 0.4) is 0 Å². The average molecular weight is 233 g/mol. The van der Waals surface area contributed by atoms with Gasteiger partial charge in [0.25, 0.3) is 0 Å². The molecule has 0 saturated carbocycles. The number of ether oxygens (including phenoxy) is 1. The Kier molecular flexibility index (Phi) is 4.68. The average Bonchev–Trinajstić information content (AvgIpc) is 2.37. The number of carbonyl (C=O) groups is 1. The number of aliphatic hydroxyl groups is 1. The van der Waals surface area contributed by atoms with Gasteiger partial charge in [0.15, 0.2) is 0 Å². The van der Waals surface area contributed by atoms with Crippen LogP contribution in [0.25, 0.3) is 0 Å². The van der Waals surface area contributed by atoms with Gasteiger partial charge in [-0.1, -0.05) is 13.0 Å². The summed E-state index contributed by atoms with van der Waals surface area (Å²) in [5, 5.41) is 18.2. The first-order chi connectivity index (χ1) is 8.17. The van der Waals surface area contributed by atoms with Gasteiger partial charge in [0.05, 0.1) is 24.3 Å². The molecule has 4 heteroatoms. The van der Waals surface area contributed by atoms with Crippen molar-refractivity contribution in [2.45, 2.75) is 26.9 Å². The minimum atomic E-state index is -0.519. The van der Waals surface area contributed by atoms with Gasteiger partial charge in [-0.2, -0.15) is 5.26 Å². The predicted octanol–water partition coefficient (Wildman–Crippen LogP) is 1.79. The quantitative estimate of drug-likeness (QED) is 0.805. The second kappa shape index (κ2) is 6.02. The van der Waals surface area contributed by atoms with E-state index in [1.54, 1.807) is 13.0 Å². The molecule has 90 valence electrons. The molecule has 1 rings (SSSR count). The zero-order valence-corrected chi connectivity index (χ0v) is 9.99. The molecule has 0 atom stereocenters. The summed E-state index contributed by atoms with van der Waals surface area (Å²) in [6, 6.07) is 5.27. The van der Waals surface area contributed by atoms with Crippen molar-refractivity contribution in [3.05, 3.63) is 34.4 Å². The molecule has 0 bridgehead atoms. The monoisotopic (exact) mass is 233 g/mol. The summed E-state index contributed by atoms with van der Waals surface area (Å²) in [5.41, 5.74) is 1.94. The first kappa shape index (κ1) is 13.2. The van der Waals surface area contributed by atoms with E-state index in [-0.39, 0.29) is 18.8 Å². The number of nitriles is 1. The van der Waals surface area contributed by atoms with Crippen LogP contribution in [0.5, 0.6) is 0 Å². The Morgan fingerprint density at radius 2 is 2.18 bits per heavy atom. The molecular formula is C13H15NO3. The van der Waals surface area contributed by atoms with E-state index in [9.17, 15) is 4.79 Å². The second-order valence-electron chi connectivity index (χ2n) is 3.52. The summed E-state index contributed by atoms with van der Waals surface area (Å²) in [6.07, 6.45) is 0.628. The second-order valence-corrected chi connectivity index (χ2v) is 3.52. The van der Waals surface area contributed by atoms with Gasteiger partial charge in [0, 0.05) is 0 Å². The van der Waals surface area contributed by atoms with Crippen LogP contribution in [0.4, 0.5) is 0 Å². The van der Waals surface area contributed by atoms with Crippen LogP contribution >= 0.6 is 0 Å². The number of benzene rings is 1. The van der Waals surface area contributed by atoms with Crippen molar-refractivity contribution in [2.24, 2.45) is 0 Å². The van der Waals surface area contributed by atoms with Crippen molar-refractivity contribution >= 4 is 5.97 Å². The molecule has 0 unspecified atom stereocenters. The minimum Gasteiger partial charge on any atom is -0.462 e. The molecule has 0 aromatic heterocycles. The van der Waals surface area contributed by atoms with E-state index in [1.165, 1.54) is 6.07 Å². The van der Waals surface area contributed by atoms with E-state index in [1.807, 2.05) is 13.0 Å². The van der Waals surface area contributed by atoms with Gasteiger partial charge in [0.2, 0.25) is 0 Å². The van der Waals surface area contributed by atoms with Crippen LogP contribution in [0.1, 0.15) is 40.9 Å². The highest BCUT2D eigenvalue weighted by molar-refractivity contribution is 5.93. The van der Waals surface area contributed by atoms with Gasteiger partial charge >= 0.3 is 5.97 Å². The van der Waals surface area contributed by atoms with Crippen LogP contribution in [-0.4, -0.2) is 17.7 Å². The molecule has 1 aromatic carbocycles. The maximum absolute atomic E-state index is 11.7. The highest BCUT2D eigenvalue weighted by Gasteiger charge is 2.16. The number of rotatable bonds is 4. The van der Waals surface area contributed by atoms with E-state index in [2.05, 4.69) is 0 Å². The zero-order chi connectivity index (χ0) is 12.8. The van der Waals surface area contributed by atoms with E-state index in [0.29, 0.717) is 17.5 Å². The summed E-state index contributed by atoms with van der Waals surface area (Å²) >= 11 is 0. The fourth-order valence-corrected chi connectivity index (χ4v) is 1.64. The summed E-state index contributed by atoms with van der Waals surface area (Å²) in [5.74, 6) is -0.519. The van der Waals surface area contributed by atoms with Crippen molar-refractivity contribution in [3.63, 3.8) is 0 Å². The van der Waals surface area contributed by atoms with Gasteiger partial charge in [-0.25, -0.2) is 4.79 Å². The highest BCUT2D eigenvalue weighted by Crippen LogP contribution is 2.19. The number of aliphatic hydroxyl groups excluding tert-OH is 1. The van der Waals surface area contributed by atoms with Crippen molar-refractivity contribution in [1.82, 2.24) is 0 Å². The lowest BCUT2D eigenvalue weighted by Gasteiger charge is -2.10. The van der Waals surface area contributed by atoms with E-state index in [0.717, 1.165) is 5.56 Å². The third-order valence-electron chi connectivity index (χ3n) is 2.45. The van der Waals surface area contributed by atoms with Crippen molar-refractivity contribution in [1.29, 1.82) is 5.26 Å². The van der Waals surface area contributed by atoms with E-state index >= 15 is 0 Å². The zero-order valence-electron chi connectivity index (χ0n) is 9.99. The normalized spacial score (nSPS) is 9.76. The summed E-state index contributed by atoms with van der Waals surface area (Å²) in [4.78, 5) is 11.7. The molecule has 1 aromatic rings. The summed E-state index contributed by atoms with van der Waals surface area (Å²) in [7, 11) is 0. The Morgan fingerprint density at radius 1 is 1.47 bits per heavy atom. The number of hydrogen-bond donors (Lipinski definition) is 1. The van der Waals surface area contributed by atoms with Crippen molar-refractivity contribution < 1.29 is 14.6 Å². The fourth-order valence-electron chi connectivity index (χ4n) is 1.64. The first-order valence-corrected chi connectivity index (χ1v) is 5.51. The topological polar surface area (TPSA) is 70.3 Å². The SMILES string of the molecule is CCOC(=O)c1cc(CO)cc(CC)c1C#N. The summed E-state index contributed by atoms with van der Waals surface area (Å²) < 4.78 is 4.90. The number of esters is 1. The molecule has 17 heavy (non-hydrogen) atoms. The largest absolute Gasteiger partial charge is 0.462 e. The number of hydrogen-bond acceptors (Lipinski definition) is 4. The molecule has 1 N–H and O–H groups in total. The Bertz CT molecular complexity index is 460. The number of aryl methyl sites for hydroxylation is 1. The molecule has 0 saturated heterocycles. The lowest BCUT2D eigenvalue weighted by atomic mass is 9.97. The molecular weight excluding hydrogens is 218 g/mol. The van der Waals surface area contributed by atoms with Gasteiger partial charge < -0.3 is 9.84 Å². The van der Waals surface area contributed by atoms with Gasteiger partial charge in [0.1, 0.15) is 6.07 Å².